The number of imidazole rings is 1. The Labute approximate surface area is 411 Å². The van der Waals surface area contributed by atoms with Gasteiger partial charge in [0.15, 0.2) is 0 Å². The molecule has 0 aliphatic carbocycles. The van der Waals surface area contributed by atoms with Gasteiger partial charge in [0.05, 0.1) is 28.0 Å². The molecule has 0 aliphatic rings. The van der Waals surface area contributed by atoms with E-state index in [1.54, 1.807) is 22.9 Å². The van der Waals surface area contributed by atoms with Crippen LogP contribution in [0.3, 0.4) is 0 Å². The van der Waals surface area contributed by atoms with Crippen LogP contribution in [0.2, 0.25) is 0 Å². The van der Waals surface area contributed by atoms with Crippen molar-refractivity contribution in [2.24, 2.45) is 0 Å². The van der Waals surface area contributed by atoms with E-state index in [2.05, 4.69) is 47.6 Å². The van der Waals surface area contributed by atoms with Crippen LogP contribution in [-0.4, -0.2) is 19.6 Å². The highest BCUT2D eigenvalue weighted by atomic mass is 16.3. The van der Waals surface area contributed by atoms with E-state index in [4.69, 9.17) is 31.9 Å². The SMILES string of the molecule is [2H]C(C)(C)c1ccc(-c2ccnc(-c3cc(-c4cccc5c4nc(-c4cc(C(C)(C([2H])([2H])[2H])C([2H])([2H])[2H])cc(C(C([2H])([2H])[2H])(C([2H])([2H])[2H])C([2H])([2H])[2H])c4O)n5-c4ccc(C(C)(C)C)cc4-c4ccccc4)cc(C(C)(C)C)c3)c2)cc1. The minimum Gasteiger partial charge on any atom is -0.507 e. The highest BCUT2D eigenvalue weighted by Gasteiger charge is 2.30. The van der Waals surface area contributed by atoms with Crippen molar-refractivity contribution in [2.75, 3.05) is 0 Å². The number of aromatic hydroxyl groups is 1. The van der Waals surface area contributed by atoms with Gasteiger partial charge in [0.25, 0.3) is 0 Å². The van der Waals surface area contributed by atoms with Crippen molar-refractivity contribution in [2.45, 2.75) is 124 Å². The molecule has 1 N–H and O–H groups in total. The zero-order chi connectivity index (χ0) is 60.2. The molecule has 0 bridgehead atoms. The number of phenols is 1. The Kier molecular flexibility index (Phi) is 7.50. The number of benzene rings is 6. The number of hydrogen-bond acceptors (Lipinski definition) is 3. The summed E-state index contributed by atoms with van der Waals surface area (Å²) in [6, 6.07) is 40.0. The maximum absolute atomic E-state index is 13.0. The lowest BCUT2D eigenvalue weighted by Crippen LogP contribution is -2.17. The first-order chi connectivity index (χ1) is 37.0. The van der Waals surface area contributed by atoms with Crippen molar-refractivity contribution in [1.29, 1.82) is 0 Å². The van der Waals surface area contributed by atoms with Crippen LogP contribution in [0.1, 0.15) is 152 Å². The number of nitrogens with zero attached hydrogens (tertiary/aromatic N) is 3. The molecule has 0 radical (unpaired) electrons. The molecule has 332 valence electrons. The molecule has 8 rings (SSSR count). The van der Waals surface area contributed by atoms with Gasteiger partial charge < -0.3 is 5.11 Å². The number of phenolic OH excluding ortho intramolecular Hbond substituents is 1. The van der Waals surface area contributed by atoms with Crippen molar-refractivity contribution >= 4 is 11.0 Å². The second-order valence-electron chi connectivity index (χ2n) is 19.6. The number of aromatic nitrogens is 3. The predicted octanol–water partition coefficient (Wildman–Crippen LogP) is 16.8. The first-order valence-electron chi connectivity index (χ1n) is 29.9. The first-order valence-corrected chi connectivity index (χ1v) is 21.9. The third kappa shape index (κ3) is 9.06. The topological polar surface area (TPSA) is 50.9 Å². The minimum absolute atomic E-state index is 0.228. The Morgan fingerprint density at radius 2 is 1.20 bits per heavy atom. The summed E-state index contributed by atoms with van der Waals surface area (Å²) in [7, 11) is 0. The zero-order valence-electron chi connectivity index (χ0n) is 54.6. The van der Waals surface area contributed by atoms with Crippen molar-refractivity contribution in [3.63, 3.8) is 0 Å². The molecule has 0 atom stereocenters. The lowest BCUT2D eigenvalue weighted by atomic mass is 9.79. The van der Waals surface area contributed by atoms with Gasteiger partial charge in [-0.15, -0.1) is 0 Å². The van der Waals surface area contributed by atoms with Crippen LogP contribution in [0.4, 0.5) is 0 Å². The summed E-state index contributed by atoms with van der Waals surface area (Å²) in [6.45, 7) is -1.84. The maximum atomic E-state index is 13.0. The van der Waals surface area contributed by atoms with E-state index in [1.165, 1.54) is 0 Å². The van der Waals surface area contributed by atoms with Crippen LogP contribution < -0.4 is 0 Å². The Balaban J connectivity index is 1.56. The molecule has 0 saturated carbocycles. The van der Waals surface area contributed by atoms with E-state index in [0.29, 0.717) is 39.7 Å². The summed E-state index contributed by atoms with van der Waals surface area (Å²) in [4.78, 5) is 10.1. The van der Waals surface area contributed by atoms with Crippen LogP contribution in [0.25, 0.3) is 72.7 Å². The number of fused-ring (bicyclic) bond motifs is 1. The smallest absolute Gasteiger partial charge is 0.149 e. The van der Waals surface area contributed by atoms with Crippen LogP contribution in [0.5, 0.6) is 5.75 Å². The summed E-state index contributed by atoms with van der Waals surface area (Å²) < 4.78 is 142. The van der Waals surface area contributed by atoms with E-state index < -0.39 is 78.8 Å². The summed E-state index contributed by atoms with van der Waals surface area (Å²) in [5, 5.41) is 13.0. The molecule has 0 fully saturated rings. The molecule has 0 amide bonds. The zero-order valence-corrected chi connectivity index (χ0v) is 38.6. The lowest BCUT2D eigenvalue weighted by Gasteiger charge is -2.28. The molecular formula is C61H67N3O. The number of para-hydroxylation sites is 1. The molecular weight excluding hydrogens is 791 g/mol. The van der Waals surface area contributed by atoms with Gasteiger partial charge in [0.1, 0.15) is 11.6 Å². The standard InChI is InChI=1S/C61H67N3O/c1-38(2)39-23-25-40(26-24-39)42-29-30-62-52(34-42)44-31-43(32-46(33-44)59(6,7)8)48-21-18-22-54-55(48)63-57(50-36-47(60(9,10)11)37-51(56(50)65)61(12,13)14)64(54)53-28-27-45(58(3,4)5)35-49(53)41-19-16-15-17-20-41/h15-38,65H,1-14H3/i9D3,10D3,12D3,13D3,14D3,38D. The van der Waals surface area contributed by atoms with Gasteiger partial charge in [-0.1, -0.05) is 182 Å². The van der Waals surface area contributed by atoms with Gasteiger partial charge >= 0.3 is 0 Å². The molecule has 8 aromatic rings. The van der Waals surface area contributed by atoms with E-state index >= 15 is 0 Å². The van der Waals surface area contributed by atoms with Gasteiger partial charge in [-0.25, -0.2) is 4.98 Å². The lowest BCUT2D eigenvalue weighted by molar-refractivity contribution is 0.446. The van der Waals surface area contributed by atoms with E-state index in [0.717, 1.165) is 51.9 Å². The van der Waals surface area contributed by atoms with Crippen LogP contribution in [0.15, 0.2) is 140 Å². The summed E-state index contributed by atoms with van der Waals surface area (Å²) in [5.41, 5.74) is -0.513. The van der Waals surface area contributed by atoms with Crippen molar-refractivity contribution in [3.05, 3.63) is 167 Å². The van der Waals surface area contributed by atoms with Crippen LogP contribution >= 0.6 is 0 Å². The van der Waals surface area contributed by atoms with Crippen molar-refractivity contribution in [1.82, 2.24) is 14.5 Å². The minimum atomic E-state index is -3.97. The number of pyridine rings is 1. The normalized spacial score (nSPS) is 17.4. The number of hydrogen-bond donors (Lipinski definition) is 1. The number of rotatable bonds is 7. The van der Waals surface area contributed by atoms with E-state index in [9.17, 15) is 5.11 Å². The molecule has 6 aromatic carbocycles. The monoisotopic (exact) mass is 874 g/mol. The summed E-state index contributed by atoms with van der Waals surface area (Å²) >= 11 is 0. The summed E-state index contributed by atoms with van der Waals surface area (Å²) in [5.74, 6) is -2.19. The Hall–Kier alpha value is -6.26. The maximum Gasteiger partial charge on any atom is 0.149 e. The molecule has 0 saturated heterocycles. The van der Waals surface area contributed by atoms with Crippen LogP contribution in [0, 0.1) is 0 Å². The molecule has 2 aromatic heterocycles. The average Bonchev–Trinajstić information content (AvgIpc) is 3.46. The van der Waals surface area contributed by atoms with Gasteiger partial charge in [-0.05, 0) is 121 Å². The van der Waals surface area contributed by atoms with Gasteiger partial charge in [-0.2, -0.15) is 0 Å². The van der Waals surface area contributed by atoms with E-state index in [-0.39, 0.29) is 16.8 Å². The van der Waals surface area contributed by atoms with Gasteiger partial charge in [0, 0.05) is 50.4 Å². The molecule has 4 heteroatoms. The molecule has 0 spiro atoms. The van der Waals surface area contributed by atoms with Gasteiger partial charge in [-0.3, -0.25) is 9.55 Å². The molecule has 0 aliphatic heterocycles. The fourth-order valence-corrected chi connectivity index (χ4v) is 8.31. The van der Waals surface area contributed by atoms with Gasteiger partial charge in [0.2, 0.25) is 0 Å². The van der Waals surface area contributed by atoms with Crippen LogP contribution in [-0.2, 0) is 21.7 Å². The first kappa shape index (κ1) is 29.3. The Morgan fingerprint density at radius 3 is 1.86 bits per heavy atom. The molecule has 2 heterocycles. The average molecular weight is 874 g/mol. The predicted molar refractivity (Wildman–Crippen MR) is 277 cm³/mol. The second kappa shape index (κ2) is 16.6. The molecule has 0 unspecified atom stereocenters. The quantitative estimate of drug-likeness (QED) is 0.174. The van der Waals surface area contributed by atoms with E-state index in [1.807, 2.05) is 117 Å². The summed E-state index contributed by atoms with van der Waals surface area (Å²) in [6.07, 6.45) is 1.73. The molecule has 4 nitrogen and oxygen atoms in total. The largest absolute Gasteiger partial charge is 0.507 e. The highest BCUT2D eigenvalue weighted by molar-refractivity contribution is 5.98. The second-order valence-corrected chi connectivity index (χ2v) is 19.6. The third-order valence-corrected chi connectivity index (χ3v) is 12.2. The Morgan fingerprint density at radius 1 is 0.538 bits per heavy atom. The Bertz CT molecular complexity index is 3610. The van der Waals surface area contributed by atoms with Crippen molar-refractivity contribution < 1.29 is 27.0 Å². The fraction of sp³-hybridized carbons (Fsp3) is 0.311. The van der Waals surface area contributed by atoms with Crippen molar-refractivity contribution in [3.8, 4) is 67.5 Å². The highest BCUT2D eigenvalue weighted by Crippen LogP contribution is 2.46. The third-order valence-electron chi connectivity index (χ3n) is 12.2. The fourth-order valence-electron chi connectivity index (χ4n) is 8.31. The molecule has 65 heavy (non-hydrogen) atoms.